The summed E-state index contributed by atoms with van der Waals surface area (Å²) in [5.41, 5.74) is 1.00. The third-order valence-corrected chi connectivity index (χ3v) is 3.43. The fourth-order valence-electron chi connectivity index (χ4n) is 2.46. The smallest absolute Gasteiger partial charge is 0.181 e. The van der Waals surface area contributed by atoms with Crippen molar-refractivity contribution in [1.82, 2.24) is 9.88 Å². The molecule has 0 aromatic carbocycles. The normalized spacial score (nSPS) is 17.4. The predicted octanol–water partition coefficient (Wildman–Crippen LogP) is 1.72. The summed E-state index contributed by atoms with van der Waals surface area (Å²) < 4.78 is 5.21. The molecule has 0 saturated heterocycles. The SMILES string of the molecule is Cc1ocnc1CN(CCO)C1CCCC1. The van der Waals surface area contributed by atoms with Crippen LogP contribution in [0.5, 0.6) is 0 Å². The van der Waals surface area contributed by atoms with Crippen LogP contribution in [-0.2, 0) is 6.54 Å². The van der Waals surface area contributed by atoms with Gasteiger partial charge < -0.3 is 9.52 Å². The molecule has 0 unspecified atom stereocenters. The summed E-state index contributed by atoms with van der Waals surface area (Å²) in [5, 5.41) is 9.11. The molecule has 1 aliphatic rings. The number of nitrogens with zero attached hydrogens (tertiary/aromatic N) is 2. The Morgan fingerprint density at radius 1 is 1.50 bits per heavy atom. The van der Waals surface area contributed by atoms with E-state index in [1.807, 2.05) is 6.92 Å². The van der Waals surface area contributed by atoms with Crippen molar-refractivity contribution in [1.29, 1.82) is 0 Å². The van der Waals surface area contributed by atoms with Gasteiger partial charge in [0.2, 0.25) is 0 Å². The van der Waals surface area contributed by atoms with Crippen LogP contribution < -0.4 is 0 Å². The molecule has 0 aliphatic heterocycles. The number of rotatable bonds is 5. The Kier molecular flexibility index (Phi) is 3.96. The van der Waals surface area contributed by atoms with Crippen molar-refractivity contribution in [3.8, 4) is 0 Å². The van der Waals surface area contributed by atoms with E-state index >= 15 is 0 Å². The second-order valence-electron chi connectivity index (χ2n) is 4.49. The lowest BCUT2D eigenvalue weighted by Crippen LogP contribution is -2.35. The van der Waals surface area contributed by atoms with Crippen LogP contribution in [0.4, 0.5) is 0 Å². The van der Waals surface area contributed by atoms with Crippen LogP contribution in [0.3, 0.4) is 0 Å². The molecule has 1 fully saturated rings. The predicted molar refractivity (Wildman–Crippen MR) is 61.0 cm³/mol. The Morgan fingerprint density at radius 3 is 2.81 bits per heavy atom. The molecule has 0 atom stereocenters. The Bertz CT molecular complexity index is 319. The molecule has 4 nitrogen and oxygen atoms in total. The van der Waals surface area contributed by atoms with Crippen molar-refractivity contribution in [2.45, 2.75) is 45.2 Å². The van der Waals surface area contributed by atoms with Crippen LogP contribution in [0, 0.1) is 6.92 Å². The fraction of sp³-hybridized carbons (Fsp3) is 0.750. The monoisotopic (exact) mass is 224 g/mol. The van der Waals surface area contributed by atoms with Gasteiger partial charge in [-0.1, -0.05) is 12.8 Å². The highest BCUT2D eigenvalue weighted by atomic mass is 16.3. The molecule has 1 aromatic rings. The second kappa shape index (κ2) is 5.46. The summed E-state index contributed by atoms with van der Waals surface area (Å²) in [6.07, 6.45) is 6.61. The first-order valence-electron chi connectivity index (χ1n) is 6.05. The maximum Gasteiger partial charge on any atom is 0.181 e. The zero-order chi connectivity index (χ0) is 11.4. The third kappa shape index (κ3) is 2.62. The summed E-state index contributed by atoms with van der Waals surface area (Å²) in [7, 11) is 0. The van der Waals surface area contributed by atoms with Gasteiger partial charge in [0.25, 0.3) is 0 Å². The lowest BCUT2D eigenvalue weighted by atomic mass is 10.2. The van der Waals surface area contributed by atoms with Crippen LogP contribution in [0.15, 0.2) is 10.8 Å². The first-order valence-corrected chi connectivity index (χ1v) is 6.05. The maximum absolute atomic E-state index is 9.11. The topological polar surface area (TPSA) is 49.5 Å². The Hall–Kier alpha value is -0.870. The molecule has 0 spiro atoms. The molecule has 1 aromatic heterocycles. The number of aliphatic hydroxyl groups is 1. The van der Waals surface area contributed by atoms with Crippen LogP contribution in [0.2, 0.25) is 0 Å². The van der Waals surface area contributed by atoms with E-state index in [0.717, 1.165) is 24.5 Å². The molecule has 1 heterocycles. The Morgan fingerprint density at radius 2 is 2.25 bits per heavy atom. The molecule has 0 radical (unpaired) electrons. The highest BCUT2D eigenvalue weighted by Gasteiger charge is 2.23. The van der Waals surface area contributed by atoms with E-state index in [2.05, 4.69) is 9.88 Å². The Balaban J connectivity index is 1.99. The molecule has 16 heavy (non-hydrogen) atoms. The quantitative estimate of drug-likeness (QED) is 0.827. The van der Waals surface area contributed by atoms with Crippen molar-refractivity contribution in [3.05, 3.63) is 17.8 Å². The van der Waals surface area contributed by atoms with Crippen LogP contribution >= 0.6 is 0 Å². The van der Waals surface area contributed by atoms with Crippen LogP contribution in [0.1, 0.15) is 37.1 Å². The molecule has 1 saturated carbocycles. The number of hydrogen-bond donors (Lipinski definition) is 1. The van der Waals surface area contributed by atoms with Gasteiger partial charge in [-0.25, -0.2) is 4.98 Å². The van der Waals surface area contributed by atoms with Crippen molar-refractivity contribution >= 4 is 0 Å². The molecular weight excluding hydrogens is 204 g/mol. The van der Waals surface area contributed by atoms with Crippen LogP contribution in [0.25, 0.3) is 0 Å². The van der Waals surface area contributed by atoms with Crippen LogP contribution in [-0.4, -0.2) is 34.2 Å². The standard InChI is InChI=1S/C12H20N2O2/c1-10-12(13-9-16-10)8-14(6-7-15)11-4-2-3-5-11/h9,11,15H,2-8H2,1H3. The van der Waals surface area contributed by atoms with E-state index < -0.39 is 0 Å². The van der Waals surface area contributed by atoms with E-state index in [9.17, 15) is 0 Å². The van der Waals surface area contributed by atoms with E-state index in [-0.39, 0.29) is 6.61 Å². The first-order chi connectivity index (χ1) is 7.81. The number of hydrogen-bond acceptors (Lipinski definition) is 4. The van der Waals surface area contributed by atoms with E-state index in [1.165, 1.54) is 32.1 Å². The van der Waals surface area contributed by atoms with E-state index in [4.69, 9.17) is 9.52 Å². The van der Waals surface area contributed by atoms with Crippen molar-refractivity contribution < 1.29 is 9.52 Å². The molecule has 90 valence electrons. The minimum Gasteiger partial charge on any atom is -0.448 e. The van der Waals surface area contributed by atoms with Gasteiger partial charge in [-0.05, 0) is 19.8 Å². The molecule has 1 N–H and O–H groups in total. The minimum absolute atomic E-state index is 0.216. The van der Waals surface area contributed by atoms with Gasteiger partial charge in [-0.2, -0.15) is 0 Å². The van der Waals surface area contributed by atoms with Gasteiger partial charge in [0.05, 0.1) is 12.3 Å². The zero-order valence-electron chi connectivity index (χ0n) is 9.85. The lowest BCUT2D eigenvalue weighted by Gasteiger charge is -2.27. The highest BCUT2D eigenvalue weighted by molar-refractivity contribution is 5.04. The molecule has 1 aliphatic carbocycles. The second-order valence-corrected chi connectivity index (χ2v) is 4.49. The van der Waals surface area contributed by atoms with Gasteiger partial charge >= 0.3 is 0 Å². The maximum atomic E-state index is 9.11. The number of aliphatic hydroxyl groups excluding tert-OH is 1. The average Bonchev–Trinajstić information content (AvgIpc) is 2.90. The van der Waals surface area contributed by atoms with Crippen molar-refractivity contribution in [2.75, 3.05) is 13.2 Å². The largest absolute Gasteiger partial charge is 0.448 e. The van der Waals surface area contributed by atoms with Gasteiger partial charge in [0.15, 0.2) is 6.39 Å². The highest BCUT2D eigenvalue weighted by Crippen LogP contribution is 2.24. The van der Waals surface area contributed by atoms with Crippen molar-refractivity contribution in [2.24, 2.45) is 0 Å². The fourth-order valence-corrected chi connectivity index (χ4v) is 2.46. The average molecular weight is 224 g/mol. The third-order valence-electron chi connectivity index (χ3n) is 3.43. The molecule has 0 amide bonds. The Labute approximate surface area is 96.3 Å². The zero-order valence-corrected chi connectivity index (χ0v) is 9.85. The summed E-state index contributed by atoms with van der Waals surface area (Å²) in [6.45, 7) is 3.69. The number of aryl methyl sites for hydroxylation is 1. The summed E-state index contributed by atoms with van der Waals surface area (Å²) >= 11 is 0. The molecule has 2 rings (SSSR count). The molecular formula is C12H20N2O2. The first kappa shape index (κ1) is 11.6. The van der Waals surface area contributed by atoms with Gasteiger partial charge in [0, 0.05) is 19.1 Å². The summed E-state index contributed by atoms with van der Waals surface area (Å²) in [6, 6.07) is 0.614. The number of aromatic nitrogens is 1. The number of oxazole rings is 1. The minimum atomic E-state index is 0.216. The van der Waals surface area contributed by atoms with E-state index in [0.29, 0.717) is 6.04 Å². The van der Waals surface area contributed by atoms with E-state index in [1.54, 1.807) is 0 Å². The lowest BCUT2D eigenvalue weighted by molar-refractivity contribution is 0.143. The summed E-state index contributed by atoms with van der Waals surface area (Å²) in [4.78, 5) is 6.55. The van der Waals surface area contributed by atoms with Gasteiger partial charge in [0.1, 0.15) is 5.76 Å². The van der Waals surface area contributed by atoms with Crippen molar-refractivity contribution in [3.63, 3.8) is 0 Å². The van der Waals surface area contributed by atoms with Gasteiger partial charge in [-0.15, -0.1) is 0 Å². The summed E-state index contributed by atoms with van der Waals surface area (Å²) in [5.74, 6) is 0.890. The molecule has 0 bridgehead atoms. The van der Waals surface area contributed by atoms with Gasteiger partial charge in [-0.3, -0.25) is 4.90 Å². The molecule has 4 heteroatoms.